The summed E-state index contributed by atoms with van der Waals surface area (Å²) in [7, 11) is 2.30. The Morgan fingerprint density at radius 1 is 0.950 bits per heavy atom. The summed E-state index contributed by atoms with van der Waals surface area (Å²) < 4.78 is 0. The zero-order chi connectivity index (χ0) is 14.0. The van der Waals surface area contributed by atoms with Gasteiger partial charge in [0.05, 0.1) is 0 Å². The summed E-state index contributed by atoms with van der Waals surface area (Å²) in [6.45, 7) is 10.3. The third kappa shape index (κ3) is 2.90. The molecule has 0 N–H and O–H groups in total. The van der Waals surface area contributed by atoms with Crippen LogP contribution in [0.3, 0.4) is 0 Å². The van der Waals surface area contributed by atoms with Crippen LogP contribution in [-0.2, 0) is 0 Å². The maximum Gasteiger partial charge on any atom is 0.0336 e. The van der Waals surface area contributed by atoms with E-state index in [1.54, 1.807) is 0 Å². The van der Waals surface area contributed by atoms with Crippen LogP contribution in [0.15, 0.2) is 0 Å². The van der Waals surface area contributed by atoms with Crippen molar-refractivity contribution in [3.63, 3.8) is 0 Å². The van der Waals surface area contributed by atoms with E-state index in [0.29, 0.717) is 5.54 Å². The van der Waals surface area contributed by atoms with Gasteiger partial charge < -0.3 is 4.90 Å². The minimum absolute atomic E-state index is 0.546. The fourth-order valence-corrected chi connectivity index (χ4v) is 4.81. The maximum atomic E-state index is 2.86. The second-order valence-electron chi connectivity index (χ2n) is 7.40. The normalized spacial score (nSPS) is 33.0. The number of hydrogen-bond acceptors (Lipinski definition) is 3. The molecule has 3 nitrogen and oxygen atoms in total. The summed E-state index contributed by atoms with van der Waals surface area (Å²) in [5, 5.41) is 0. The van der Waals surface area contributed by atoms with Gasteiger partial charge in [-0.05, 0) is 52.2 Å². The number of nitrogens with zero attached hydrogens (tertiary/aromatic N) is 3. The molecule has 2 aliphatic heterocycles. The SMILES string of the molecule is CCC1CN(CC2(N3CCCC3)CCCC2)CCN1C. The molecule has 2 saturated heterocycles. The number of piperazine rings is 1. The van der Waals surface area contributed by atoms with Crippen molar-refractivity contribution in [1.82, 2.24) is 14.7 Å². The number of rotatable bonds is 4. The zero-order valence-electron chi connectivity index (χ0n) is 13.6. The maximum absolute atomic E-state index is 2.86. The first kappa shape index (κ1) is 14.8. The van der Waals surface area contributed by atoms with Gasteiger partial charge in [0.25, 0.3) is 0 Å². The van der Waals surface area contributed by atoms with E-state index in [1.807, 2.05) is 0 Å². The van der Waals surface area contributed by atoms with Gasteiger partial charge in [0.2, 0.25) is 0 Å². The molecule has 1 atom stereocenters. The van der Waals surface area contributed by atoms with Gasteiger partial charge in [-0.1, -0.05) is 19.8 Å². The van der Waals surface area contributed by atoms with Crippen LogP contribution in [0.4, 0.5) is 0 Å². The number of likely N-dealkylation sites (tertiary alicyclic amines) is 1. The van der Waals surface area contributed by atoms with E-state index in [4.69, 9.17) is 0 Å². The lowest BCUT2D eigenvalue weighted by Crippen LogP contribution is -2.58. The highest BCUT2D eigenvalue weighted by atomic mass is 15.3. The molecule has 1 aliphatic carbocycles. The first-order valence-electron chi connectivity index (χ1n) is 8.91. The van der Waals surface area contributed by atoms with E-state index in [1.165, 1.54) is 84.2 Å². The molecule has 0 aromatic rings. The van der Waals surface area contributed by atoms with Gasteiger partial charge in [-0.25, -0.2) is 0 Å². The lowest BCUT2D eigenvalue weighted by molar-refractivity contribution is 0.0281. The van der Waals surface area contributed by atoms with Gasteiger partial charge in [0.15, 0.2) is 0 Å². The molecule has 0 radical (unpaired) electrons. The molecule has 3 fully saturated rings. The molecule has 3 heteroatoms. The molecule has 116 valence electrons. The van der Waals surface area contributed by atoms with Gasteiger partial charge in [-0.3, -0.25) is 9.80 Å². The molecule has 1 unspecified atom stereocenters. The fraction of sp³-hybridized carbons (Fsp3) is 1.00. The Balaban J connectivity index is 1.64. The summed E-state index contributed by atoms with van der Waals surface area (Å²) in [6.07, 6.45) is 9.99. The average Bonchev–Trinajstić information content (AvgIpc) is 3.12. The minimum atomic E-state index is 0.546. The van der Waals surface area contributed by atoms with Crippen molar-refractivity contribution in [2.45, 2.75) is 63.5 Å². The monoisotopic (exact) mass is 279 g/mol. The molecular formula is C17H33N3. The van der Waals surface area contributed by atoms with E-state index in [2.05, 4.69) is 28.7 Å². The van der Waals surface area contributed by atoms with Crippen molar-refractivity contribution in [2.24, 2.45) is 0 Å². The van der Waals surface area contributed by atoms with Crippen LogP contribution in [0.5, 0.6) is 0 Å². The van der Waals surface area contributed by atoms with Crippen molar-refractivity contribution < 1.29 is 0 Å². The van der Waals surface area contributed by atoms with Gasteiger partial charge in [-0.15, -0.1) is 0 Å². The van der Waals surface area contributed by atoms with Gasteiger partial charge in [-0.2, -0.15) is 0 Å². The van der Waals surface area contributed by atoms with E-state index in [0.717, 1.165) is 6.04 Å². The standard InChI is InChI=1S/C17H33N3/c1-3-16-14-19(13-12-18(16)2)15-17(8-4-5-9-17)20-10-6-7-11-20/h16H,3-15H2,1-2H3. The topological polar surface area (TPSA) is 9.72 Å². The second-order valence-corrected chi connectivity index (χ2v) is 7.40. The molecule has 0 aromatic carbocycles. The molecule has 0 spiro atoms. The Morgan fingerprint density at radius 2 is 1.65 bits per heavy atom. The summed E-state index contributed by atoms with van der Waals surface area (Å²) in [6, 6.07) is 0.779. The van der Waals surface area contributed by atoms with Gasteiger partial charge in [0, 0.05) is 37.8 Å². The molecule has 20 heavy (non-hydrogen) atoms. The first-order chi connectivity index (χ1) is 9.73. The first-order valence-corrected chi connectivity index (χ1v) is 8.91. The molecule has 0 amide bonds. The number of likely N-dealkylation sites (N-methyl/N-ethyl adjacent to an activating group) is 1. The third-order valence-electron chi connectivity index (χ3n) is 6.16. The molecule has 0 aromatic heterocycles. The highest BCUT2D eigenvalue weighted by Gasteiger charge is 2.42. The van der Waals surface area contributed by atoms with Gasteiger partial charge in [0.1, 0.15) is 0 Å². The quantitative estimate of drug-likeness (QED) is 0.782. The Morgan fingerprint density at radius 3 is 2.30 bits per heavy atom. The highest BCUT2D eigenvalue weighted by molar-refractivity contribution is 4.99. The Hall–Kier alpha value is -0.120. The van der Waals surface area contributed by atoms with Crippen LogP contribution in [0.2, 0.25) is 0 Å². The largest absolute Gasteiger partial charge is 0.301 e. The van der Waals surface area contributed by atoms with Crippen molar-refractivity contribution in [3.8, 4) is 0 Å². The Bertz CT molecular complexity index is 305. The highest BCUT2D eigenvalue weighted by Crippen LogP contribution is 2.38. The van der Waals surface area contributed by atoms with Crippen molar-refractivity contribution in [2.75, 3.05) is 46.3 Å². The van der Waals surface area contributed by atoms with Crippen molar-refractivity contribution >= 4 is 0 Å². The third-order valence-corrected chi connectivity index (χ3v) is 6.16. The predicted molar refractivity (Wildman–Crippen MR) is 85.2 cm³/mol. The summed E-state index contributed by atoms with van der Waals surface area (Å²) in [5.74, 6) is 0. The molecular weight excluding hydrogens is 246 g/mol. The Labute approximate surface area is 125 Å². The van der Waals surface area contributed by atoms with Crippen LogP contribution >= 0.6 is 0 Å². The van der Waals surface area contributed by atoms with E-state index < -0.39 is 0 Å². The number of hydrogen-bond donors (Lipinski definition) is 0. The zero-order valence-corrected chi connectivity index (χ0v) is 13.6. The lowest BCUT2D eigenvalue weighted by Gasteiger charge is -2.46. The van der Waals surface area contributed by atoms with E-state index >= 15 is 0 Å². The van der Waals surface area contributed by atoms with Crippen LogP contribution < -0.4 is 0 Å². The van der Waals surface area contributed by atoms with Crippen LogP contribution in [0.25, 0.3) is 0 Å². The van der Waals surface area contributed by atoms with Crippen molar-refractivity contribution in [1.29, 1.82) is 0 Å². The van der Waals surface area contributed by atoms with E-state index in [9.17, 15) is 0 Å². The smallest absolute Gasteiger partial charge is 0.0336 e. The molecule has 2 heterocycles. The fourth-order valence-electron chi connectivity index (χ4n) is 4.81. The van der Waals surface area contributed by atoms with Crippen LogP contribution in [0.1, 0.15) is 51.9 Å². The Kier molecular flexibility index (Phi) is 4.68. The summed E-state index contributed by atoms with van der Waals surface area (Å²) >= 11 is 0. The molecule has 1 saturated carbocycles. The second kappa shape index (κ2) is 6.33. The van der Waals surface area contributed by atoms with Crippen molar-refractivity contribution in [3.05, 3.63) is 0 Å². The van der Waals surface area contributed by atoms with Crippen LogP contribution in [-0.4, -0.2) is 72.6 Å². The minimum Gasteiger partial charge on any atom is -0.301 e. The predicted octanol–water partition coefficient (Wildman–Crippen LogP) is 2.42. The van der Waals surface area contributed by atoms with E-state index in [-0.39, 0.29) is 0 Å². The summed E-state index contributed by atoms with van der Waals surface area (Å²) in [5.41, 5.74) is 0.546. The molecule has 0 bridgehead atoms. The molecule has 3 aliphatic rings. The summed E-state index contributed by atoms with van der Waals surface area (Å²) in [4.78, 5) is 8.21. The van der Waals surface area contributed by atoms with Crippen LogP contribution in [0, 0.1) is 0 Å². The lowest BCUT2D eigenvalue weighted by atomic mass is 9.93. The molecule has 3 rings (SSSR count). The average molecular weight is 279 g/mol. The van der Waals surface area contributed by atoms with Gasteiger partial charge >= 0.3 is 0 Å².